The van der Waals surface area contributed by atoms with E-state index < -0.39 is 0 Å². The molecule has 6 heteroatoms. The first-order chi connectivity index (χ1) is 13.8. The Bertz CT molecular complexity index is 1010. The van der Waals surface area contributed by atoms with E-state index >= 15 is 0 Å². The minimum Gasteiger partial charge on any atom is -0.389 e. The van der Waals surface area contributed by atoms with E-state index in [1.807, 2.05) is 30.3 Å². The van der Waals surface area contributed by atoms with Crippen molar-refractivity contribution in [3.05, 3.63) is 82.3 Å². The number of fused-ring (bicyclic) bond motifs is 1. The number of aliphatic hydroxyl groups is 1. The molecule has 0 spiro atoms. The Morgan fingerprint density at radius 2 is 1.93 bits per heavy atom. The normalized spacial score (nSPS) is 21.8. The quantitative estimate of drug-likeness (QED) is 0.855. The third-order valence-electron chi connectivity index (χ3n) is 5.02. The number of thioether (sulfide) groups is 1. The molecule has 1 atom stereocenters. The second-order valence-corrected chi connectivity index (χ2v) is 7.96. The number of β-amino-alcohol motifs (C(OH)–C–C–N with tert-alkyl or cyclic N) is 1. The molecule has 4 heterocycles. The third kappa shape index (κ3) is 3.19. The fourth-order valence-electron chi connectivity index (χ4n) is 3.59. The molecule has 0 saturated carbocycles. The number of hydrogen-bond acceptors (Lipinski definition) is 6. The van der Waals surface area contributed by atoms with E-state index in [0.717, 1.165) is 29.1 Å². The lowest BCUT2D eigenvalue weighted by Crippen LogP contribution is -2.56. The first kappa shape index (κ1) is 17.4. The first-order valence-electron chi connectivity index (χ1n) is 9.41. The van der Waals surface area contributed by atoms with Crippen molar-refractivity contribution in [2.75, 3.05) is 13.1 Å². The number of amidine groups is 1. The molecular formula is C22H20N4OS. The summed E-state index contributed by atoms with van der Waals surface area (Å²) in [6.45, 7) is 1.17. The molecule has 3 aliphatic rings. The molecule has 0 radical (unpaired) electrons. The number of rotatable bonds is 2. The highest BCUT2D eigenvalue weighted by Gasteiger charge is 2.36. The van der Waals surface area contributed by atoms with Gasteiger partial charge in [0.25, 0.3) is 0 Å². The van der Waals surface area contributed by atoms with Crippen molar-refractivity contribution in [3.8, 4) is 0 Å². The summed E-state index contributed by atoms with van der Waals surface area (Å²) in [4.78, 5) is 18.0. The van der Waals surface area contributed by atoms with Gasteiger partial charge in [-0.1, -0.05) is 42.5 Å². The van der Waals surface area contributed by atoms with Crippen LogP contribution in [-0.2, 0) is 0 Å². The molecule has 1 saturated heterocycles. The SMILES string of the molecule is OC1CN(C2=Nc3ncccc3C(c3ccccc3)=NC2C2=CCC=CS2)C1. The summed E-state index contributed by atoms with van der Waals surface area (Å²) >= 11 is 1.69. The third-order valence-corrected chi connectivity index (χ3v) is 6.01. The van der Waals surface area contributed by atoms with E-state index in [1.54, 1.807) is 18.0 Å². The molecule has 2 aromatic rings. The van der Waals surface area contributed by atoms with Crippen molar-refractivity contribution in [2.45, 2.75) is 18.6 Å². The second kappa shape index (κ2) is 7.37. The van der Waals surface area contributed by atoms with Gasteiger partial charge < -0.3 is 10.0 Å². The van der Waals surface area contributed by atoms with Crippen molar-refractivity contribution in [2.24, 2.45) is 9.98 Å². The predicted octanol–water partition coefficient (Wildman–Crippen LogP) is 3.54. The van der Waals surface area contributed by atoms with Gasteiger partial charge in [0.15, 0.2) is 5.82 Å². The Morgan fingerprint density at radius 1 is 1.07 bits per heavy atom. The summed E-state index contributed by atoms with van der Waals surface area (Å²) in [5.41, 5.74) is 2.90. The van der Waals surface area contributed by atoms with Crippen LogP contribution in [0.1, 0.15) is 17.5 Å². The van der Waals surface area contributed by atoms with Crippen molar-refractivity contribution in [1.29, 1.82) is 0 Å². The Labute approximate surface area is 168 Å². The monoisotopic (exact) mass is 388 g/mol. The smallest absolute Gasteiger partial charge is 0.163 e. The Kier molecular flexibility index (Phi) is 4.58. The van der Waals surface area contributed by atoms with Crippen LogP contribution in [0.5, 0.6) is 0 Å². The van der Waals surface area contributed by atoms with Crippen molar-refractivity contribution >= 4 is 29.1 Å². The Hall–Kier alpha value is -2.70. The van der Waals surface area contributed by atoms with E-state index in [9.17, 15) is 5.11 Å². The minimum atomic E-state index is -0.305. The minimum absolute atomic E-state index is 0.202. The van der Waals surface area contributed by atoms with Crippen molar-refractivity contribution in [3.63, 3.8) is 0 Å². The molecule has 140 valence electrons. The summed E-state index contributed by atoms with van der Waals surface area (Å²) in [6, 6.07) is 14.0. The summed E-state index contributed by atoms with van der Waals surface area (Å²) in [5.74, 6) is 1.55. The van der Waals surface area contributed by atoms with Crippen molar-refractivity contribution < 1.29 is 5.11 Å². The van der Waals surface area contributed by atoms with E-state index in [4.69, 9.17) is 9.98 Å². The highest BCUT2D eigenvalue weighted by molar-refractivity contribution is 8.06. The van der Waals surface area contributed by atoms with Gasteiger partial charge in [-0.2, -0.15) is 0 Å². The van der Waals surface area contributed by atoms with Crippen LogP contribution >= 0.6 is 11.8 Å². The molecule has 0 aliphatic carbocycles. The Morgan fingerprint density at radius 3 is 2.68 bits per heavy atom. The second-order valence-electron chi connectivity index (χ2n) is 6.98. The van der Waals surface area contributed by atoms with E-state index in [1.165, 1.54) is 4.91 Å². The molecular weight excluding hydrogens is 368 g/mol. The van der Waals surface area contributed by atoms with Crippen LogP contribution in [0.25, 0.3) is 0 Å². The topological polar surface area (TPSA) is 61.1 Å². The number of pyridine rings is 1. The average molecular weight is 388 g/mol. The maximum atomic E-state index is 9.86. The van der Waals surface area contributed by atoms with Gasteiger partial charge in [-0.25, -0.2) is 9.98 Å². The van der Waals surface area contributed by atoms with Gasteiger partial charge in [-0.05, 0) is 24.0 Å². The number of aliphatic hydroxyl groups excluding tert-OH is 1. The fraction of sp³-hybridized carbons (Fsp3) is 0.227. The summed E-state index contributed by atoms with van der Waals surface area (Å²) < 4.78 is 0. The van der Waals surface area contributed by atoms with Gasteiger partial charge in [-0.15, -0.1) is 11.8 Å². The van der Waals surface area contributed by atoms with Gasteiger partial charge in [-0.3, -0.25) is 4.99 Å². The summed E-state index contributed by atoms with van der Waals surface area (Å²) in [5, 5.41) is 12.0. The van der Waals surface area contributed by atoms with Gasteiger partial charge in [0.2, 0.25) is 0 Å². The molecule has 1 fully saturated rings. The van der Waals surface area contributed by atoms with Gasteiger partial charge in [0, 0.05) is 35.3 Å². The van der Waals surface area contributed by atoms with E-state index in [2.05, 4.69) is 39.6 Å². The molecule has 0 amide bonds. The van der Waals surface area contributed by atoms with Crippen LogP contribution < -0.4 is 0 Å². The zero-order valence-electron chi connectivity index (χ0n) is 15.3. The number of benzene rings is 1. The summed E-state index contributed by atoms with van der Waals surface area (Å²) in [6.07, 6.45) is 6.73. The van der Waals surface area contributed by atoms with Crippen LogP contribution in [0, 0.1) is 0 Å². The molecule has 5 nitrogen and oxygen atoms in total. The highest BCUT2D eigenvalue weighted by Crippen LogP contribution is 2.34. The highest BCUT2D eigenvalue weighted by atomic mass is 32.2. The summed E-state index contributed by atoms with van der Waals surface area (Å²) in [7, 11) is 0. The van der Waals surface area contributed by atoms with Crippen LogP contribution in [0.2, 0.25) is 0 Å². The van der Waals surface area contributed by atoms with Gasteiger partial charge in [0.1, 0.15) is 11.9 Å². The fourth-order valence-corrected chi connectivity index (χ4v) is 4.43. The number of aliphatic imine (C=N–C) groups is 2. The number of hydrogen-bond donors (Lipinski definition) is 1. The van der Waals surface area contributed by atoms with Gasteiger partial charge >= 0.3 is 0 Å². The molecule has 1 unspecified atom stereocenters. The molecule has 3 aliphatic heterocycles. The number of likely N-dealkylation sites (tertiary alicyclic amines) is 1. The standard InChI is InChI=1S/C22H20N4OS/c27-16-13-26(14-16)22-20(18-10-4-5-12-28-18)24-19(15-7-2-1-3-8-15)17-9-6-11-23-21(17)25-22/h1-3,5-12,16,20,27H,4,13-14H2. The Balaban J connectivity index is 1.68. The van der Waals surface area contributed by atoms with Crippen LogP contribution in [0.4, 0.5) is 5.82 Å². The zero-order chi connectivity index (χ0) is 18.9. The van der Waals surface area contributed by atoms with Crippen LogP contribution in [0.3, 0.4) is 0 Å². The van der Waals surface area contributed by atoms with Crippen LogP contribution in [0.15, 0.2) is 81.1 Å². The molecule has 1 N–H and O–H groups in total. The maximum Gasteiger partial charge on any atom is 0.163 e. The lowest BCUT2D eigenvalue weighted by atomic mass is 10.0. The van der Waals surface area contributed by atoms with Crippen LogP contribution in [-0.4, -0.2) is 51.8 Å². The molecule has 28 heavy (non-hydrogen) atoms. The number of aromatic nitrogens is 1. The molecule has 5 rings (SSSR count). The lowest BCUT2D eigenvalue weighted by Gasteiger charge is -2.40. The predicted molar refractivity (Wildman–Crippen MR) is 114 cm³/mol. The van der Waals surface area contributed by atoms with E-state index in [0.29, 0.717) is 18.9 Å². The molecule has 0 bridgehead atoms. The van der Waals surface area contributed by atoms with Gasteiger partial charge in [0.05, 0.1) is 11.8 Å². The lowest BCUT2D eigenvalue weighted by molar-refractivity contribution is 0.0452. The maximum absolute atomic E-state index is 9.86. The molecule has 1 aromatic heterocycles. The largest absolute Gasteiger partial charge is 0.389 e. The van der Waals surface area contributed by atoms with Crippen molar-refractivity contribution in [1.82, 2.24) is 9.88 Å². The zero-order valence-corrected chi connectivity index (χ0v) is 16.1. The number of nitrogens with zero attached hydrogens (tertiary/aromatic N) is 4. The average Bonchev–Trinajstić information content (AvgIpc) is 2.90. The first-order valence-corrected chi connectivity index (χ1v) is 10.3. The van der Waals surface area contributed by atoms with E-state index in [-0.39, 0.29) is 12.1 Å². The number of allylic oxidation sites excluding steroid dienone is 2. The molecule has 1 aromatic carbocycles.